The van der Waals surface area contributed by atoms with Crippen LogP contribution in [0.25, 0.3) is 11.0 Å². The number of halogens is 1. The van der Waals surface area contributed by atoms with E-state index in [1.165, 1.54) is 12.1 Å². The molecule has 6 heteroatoms. The van der Waals surface area contributed by atoms with Gasteiger partial charge in [0.1, 0.15) is 5.52 Å². The number of carbonyl (C=O) groups is 2. The van der Waals surface area contributed by atoms with Gasteiger partial charge < -0.3 is 5.21 Å². The molecule has 0 aliphatic heterocycles. The van der Waals surface area contributed by atoms with Crippen LogP contribution in [0.4, 0.5) is 0 Å². The third-order valence-corrected chi connectivity index (χ3v) is 3.90. The zero-order valence-corrected chi connectivity index (χ0v) is 11.8. The lowest BCUT2D eigenvalue weighted by Crippen LogP contribution is -2.41. The fourth-order valence-corrected chi connectivity index (χ4v) is 2.80. The zero-order chi connectivity index (χ0) is 15.4. The van der Waals surface area contributed by atoms with E-state index in [2.05, 4.69) is 4.98 Å². The highest BCUT2D eigenvalue weighted by atomic mass is 35.5. The molecule has 106 valence electrons. The Balaban J connectivity index is 2.12. The summed E-state index contributed by atoms with van der Waals surface area (Å²) in [6.07, 6.45) is 0. The minimum Gasteiger partial charge on any atom is -0.618 e. The molecule has 1 aromatic heterocycles. The molecule has 0 fully saturated rings. The summed E-state index contributed by atoms with van der Waals surface area (Å²) in [5.41, 5.74) is 0.589. The third-order valence-electron chi connectivity index (χ3n) is 3.66. The molecular formula is C16H7ClN2O3. The number of benzene rings is 2. The highest BCUT2D eigenvalue weighted by Gasteiger charge is 2.38. The van der Waals surface area contributed by atoms with Crippen molar-refractivity contribution in [1.82, 2.24) is 4.98 Å². The fraction of sp³-hybridized carbons (Fsp3) is 0. The minimum atomic E-state index is -0.505. The monoisotopic (exact) mass is 310 g/mol. The van der Waals surface area contributed by atoms with Gasteiger partial charge in [0.2, 0.25) is 11.3 Å². The molecule has 1 aliphatic carbocycles. The standard InChI is InChI=1S/C16H7ClN2O3/c17-8-5-6-11-12(7-8)19(22)14-13(18-11)15(20)9-3-1-2-4-10(9)16(14)21/h1-7H. The summed E-state index contributed by atoms with van der Waals surface area (Å²) in [7, 11) is 0. The van der Waals surface area contributed by atoms with E-state index >= 15 is 0 Å². The summed E-state index contributed by atoms with van der Waals surface area (Å²) in [6.45, 7) is 0. The lowest BCUT2D eigenvalue weighted by Gasteiger charge is -2.16. The maximum atomic E-state index is 12.6. The van der Waals surface area contributed by atoms with Crippen molar-refractivity contribution >= 4 is 34.2 Å². The molecule has 0 amide bonds. The van der Waals surface area contributed by atoms with Crippen molar-refractivity contribution in [3.8, 4) is 0 Å². The van der Waals surface area contributed by atoms with Gasteiger partial charge in [0.15, 0.2) is 5.69 Å². The van der Waals surface area contributed by atoms with E-state index in [9.17, 15) is 14.8 Å². The Morgan fingerprint density at radius 3 is 2.41 bits per heavy atom. The topological polar surface area (TPSA) is 74.0 Å². The van der Waals surface area contributed by atoms with Gasteiger partial charge in [0.25, 0.3) is 11.5 Å². The molecule has 0 N–H and O–H groups in total. The van der Waals surface area contributed by atoms with Crippen LogP contribution < -0.4 is 4.73 Å². The van der Waals surface area contributed by atoms with Crippen molar-refractivity contribution < 1.29 is 14.3 Å². The first kappa shape index (κ1) is 12.9. The van der Waals surface area contributed by atoms with Crippen molar-refractivity contribution in [3.63, 3.8) is 0 Å². The molecule has 1 aliphatic rings. The number of carbonyl (C=O) groups excluding carboxylic acids is 2. The Hall–Kier alpha value is -2.79. The molecule has 3 aromatic rings. The van der Waals surface area contributed by atoms with Crippen molar-refractivity contribution in [1.29, 1.82) is 0 Å². The average molecular weight is 311 g/mol. The Labute approximate surface area is 129 Å². The number of hydrogen-bond acceptors (Lipinski definition) is 4. The Morgan fingerprint density at radius 2 is 1.68 bits per heavy atom. The third kappa shape index (κ3) is 1.60. The highest BCUT2D eigenvalue weighted by molar-refractivity contribution is 6.31. The number of ketones is 2. The molecule has 0 saturated carbocycles. The molecule has 1 heterocycles. The number of rotatable bonds is 0. The van der Waals surface area contributed by atoms with Crippen LogP contribution in [0.3, 0.4) is 0 Å². The molecule has 0 atom stereocenters. The van der Waals surface area contributed by atoms with Crippen LogP contribution in [-0.4, -0.2) is 16.6 Å². The molecule has 0 radical (unpaired) electrons. The summed E-state index contributed by atoms with van der Waals surface area (Å²) < 4.78 is 0.444. The largest absolute Gasteiger partial charge is 0.618 e. The van der Waals surface area contributed by atoms with E-state index in [1.807, 2.05) is 0 Å². The summed E-state index contributed by atoms with van der Waals surface area (Å²) in [5, 5.41) is 12.9. The van der Waals surface area contributed by atoms with Gasteiger partial charge >= 0.3 is 0 Å². The van der Waals surface area contributed by atoms with Crippen molar-refractivity contribution in [3.05, 3.63) is 75.2 Å². The quantitative estimate of drug-likeness (QED) is 0.369. The van der Waals surface area contributed by atoms with Gasteiger partial charge in [-0.05, 0) is 12.1 Å². The number of fused-ring (bicyclic) bond motifs is 3. The summed E-state index contributed by atoms with van der Waals surface area (Å²) in [5.74, 6) is -0.929. The van der Waals surface area contributed by atoms with Crippen LogP contribution in [-0.2, 0) is 0 Å². The predicted octanol–water partition coefficient (Wildman–Crippen LogP) is 2.30. The molecule has 0 bridgehead atoms. The normalized spacial score (nSPS) is 13.1. The fourth-order valence-electron chi connectivity index (χ4n) is 2.64. The van der Waals surface area contributed by atoms with E-state index in [0.29, 0.717) is 15.3 Å². The lowest BCUT2D eigenvalue weighted by atomic mass is 9.89. The number of nitrogens with zero attached hydrogens (tertiary/aromatic N) is 2. The molecule has 0 saturated heterocycles. The molecule has 22 heavy (non-hydrogen) atoms. The Kier molecular flexibility index (Phi) is 2.55. The molecule has 4 rings (SSSR count). The SMILES string of the molecule is O=C1c2ccccc2C(=O)c2c1nc1ccc(Cl)cc1[n+]2[O-]. The first-order valence-corrected chi connectivity index (χ1v) is 6.87. The van der Waals surface area contributed by atoms with Gasteiger partial charge in [-0.1, -0.05) is 35.9 Å². The zero-order valence-electron chi connectivity index (χ0n) is 11.0. The Bertz CT molecular complexity index is 998. The average Bonchev–Trinajstić information content (AvgIpc) is 2.53. The van der Waals surface area contributed by atoms with Crippen LogP contribution in [0.15, 0.2) is 42.5 Å². The van der Waals surface area contributed by atoms with Crippen LogP contribution in [0.5, 0.6) is 0 Å². The van der Waals surface area contributed by atoms with E-state index in [4.69, 9.17) is 11.6 Å². The molecule has 5 nitrogen and oxygen atoms in total. The Morgan fingerprint density at radius 1 is 1.00 bits per heavy atom. The van der Waals surface area contributed by atoms with Gasteiger partial charge in [-0.25, -0.2) is 4.98 Å². The van der Waals surface area contributed by atoms with Gasteiger partial charge in [-0.2, -0.15) is 4.73 Å². The summed E-state index contributed by atoms with van der Waals surface area (Å²) in [4.78, 5) is 29.3. The first-order chi connectivity index (χ1) is 10.6. The van der Waals surface area contributed by atoms with Crippen molar-refractivity contribution in [2.45, 2.75) is 0 Å². The van der Waals surface area contributed by atoms with Crippen LogP contribution in [0.2, 0.25) is 5.02 Å². The summed E-state index contributed by atoms with van der Waals surface area (Å²) in [6, 6.07) is 10.9. The highest BCUT2D eigenvalue weighted by Crippen LogP contribution is 2.26. The van der Waals surface area contributed by atoms with Gasteiger partial charge in [0, 0.05) is 22.2 Å². The smallest absolute Gasteiger partial charge is 0.295 e. The molecule has 0 unspecified atom stereocenters. The van der Waals surface area contributed by atoms with E-state index < -0.39 is 11.6 Å². The molecule has 2 aromatic carbocycles. The van der Waals surface area contributed by atoms with Gasteiger partial charge in [0.05, 0.1) is 0 Å². The lowest BCUT2D eigenvalue weighted by molar-refractivity contribution is -0.579. The van der Waals surface area contributed by atoms with Gasteiger partial charge in [-0.15, -0.1) is 0 Å². The maximum absolute atomic E-state index is 12.6. The van der Waals surface area contributed by atoms with E-state index in [0.717, 1.165) is 0 Å². The molecule has 0 spiro atoms. The number of hydrogen-bond donors (Lipinski definition) is 0. The summed E-state index contributed by atoms with van der Waals surface area (Å²) >= 11 is 5.89. The van der Waals surface area contributed by atoms with Crippen LogP contribution in [0, 0.1) is 5.21 Å². The second-order valence-electron chi connectivity index (χ2n) is 4.94. The number of aromatic nitrogens is 2. The minimum absolute atomic E-state index is 0.117. The van der Waals surface area contributed by atoms with Crippen molar-refractivity contribution in [2.24, 2.45) is 0 Å². The second kappa shape index (κ2) is 4.35. The van der Waals surface area contributed by atoms with Crippen molar-refractivity contribution in [2.75, 3.05) is 0 Å². The van der Waals surface area contributed by atoms with Crippen LogP contribution in [0.1, 0.15) is 32.1 Å². The first-order valence-electron chi connectivity index (χ1n) is 6.49. The van der Waals surface area contributed by atoms with Crippen LogP contribution >= 0.6 is 11.6 Å². The predicted molar refractivity (Wildman–Crippen MR) is 79.0 cm³/mol. The van der Waals surface area contributed by atoms with E-state index in [-0.39, 0.29) is 28.0 Å². The van der Waals surface area contributed by atoms with Gasteiger partial charge in [-0.3, -0.25) is 9.59 Å². The molecular weight excluding hydrogens is 304 g/mol. The van der Waals surface area contributed by atoms with E-state index in [1.54, 1.807) is 30.3 Å². The maximum Gasteiger partial charge on any atom is 0.295 e. The second-order valence-corrected chi connectivity index (χ2v) is 5.38.